The van der Waals surface area contributed by atoms with Gasteiger partial charge >= 0.3 is 0 Å². The summed E-state index contributed by atoms with van der Waals surface area (Å²) in [5.41, 5.74) is 6.12. The Bertz CT molecular complexity index is 399. The van der Waals surface area contributed by atoms with Gasteiger partial charge < -0.3 is 16.2 Å². The molecule has 0 aliphatic carbocycles. The molecule has 4 N–H and O–H groups in total. The van der Waals surface area contributed by atoms with Crippen LogP contribution in [0.15, 0.2) is 18.2 Å². The van der Waals surface area contributed by atoms with Gasteiger partial charge in [0.2, 0.25) is 0 Å². The topological polar surface area (TPSA) is 75.3 Å². The first-order valence-corrected chi connectivity index (χ1v) is 5.67. The third-order valence-electron chi connectivity index (χ3n) is 2.34. The molecular weight excluding hydrogens is 240 g/mol. The number of nitrogen functional groups attached to an aromatic ring is 1. The van der Waals surface area contributed by atoms with Gasteiger partial charge in [-0.25, -0.2) is 0 Å². The van der Waals surface area contributed by atoms with E-state index in [1.54, 1.807) is 18.2 Å². The lowest BCUT2D eigenvalue weighted by atomic mass is 9.95. The number of aliphatic hydroxyl groups is 1. The standard InChI is InChI=1S/C12H17ClN2O2/c1-12(2,7-16)6-15-11(17)8-3-9(13)5-10(14)4-8/h3-5,16H,6-7,14H2,1-2H3,(H,15,17). The molecule has 1 aromatic rings. The van der Waals surface area contributed by atoms with Crippen molar-refractivity contribution in [2.24, 2.45) is 5.41 Å². The van der Waals surface area contributed by atoms with Crippen molar-refractivity contribution in [2.45, 2.75) is 13.8 Å². The molecule has 1 rings (SSSR count). The minimum atomic E-state index is -0.347. The van der Waals surface area contributed by atoms with Gasteiger partial charge in [-0.15, -0.1) is 0 Å². The number of hydrogen-bond acceptors (Lipinski definition) is 3. The zero-order valence-electron chi connectivity index (χ0n) is 9.96. The number of benzene rings is 1. The molecule has 0 spiro atoms. The van der Waals surface area contributed by atoms with Gasteiger partial charge in [-0.1, -0.05) is 25.4 Å². The predicted molar refractivity (Wildman–Crippen MR) is 69.1 cm³/mol. The van der Waals surface area contributed by atoms with Crippen molar-refractivity contribution in [2.75, 3.05) is 18.9 Å². The maximum atomic E-state index is 11.8. The summed E-state index contributed by atoms with van der Waals surface area (Å²) in [5, 5.41) is 12.2. The van der Waals surface area contributed by atoms with Gasteiger partial charge in [0.1, 0.15) is 0 Å². The molecule has 5 heteroatoms. The number of carbonyl (C=O) groups is 1. The smallest absolute Gasteiger partial charge is 0.251 e. The molecule has 1 amide bonds. The zero-order valence-corrected chi connectivity index (χ0v) is 10.7. The van der Waals surface area contributed by atoms with Crippen LogP contribution in [0.25, 0.3) is 0 Å². The molecule has 4 nitrogen and oxygen atoms in total. The Kier molecular flexibility index (Phi) is 4.37. The summed E-state index contributed by atoms with van der Waals surface area (Å²) >= 11 is 5.81. The monoisotopic (exact) mass is 256 g/mol. The fourth-order valence-corrected chi connectivity index (χ4v) is 1.46. The molecule has 0 aromatic heterocycles. The Hall–Kier alpha value is -1.26. The highest BCUT2D eigenvalue weighted by Gasteiger charge is 2.18. The average molecular weight is 257 g/mol. The summed E-state index contributed by atoms with van der Waals surface area (Å²) in [6.07, 6.45) is 0. The van der Waals surface area contributed by atoms with Gasteiger partial charge in [-0.05, 0) is 18.2 Å². The van der Waals surface area contributed by atoms with Crippen molar-refractivity contribution in [3.63, 3.8) is 0 Å². The van der Waals surface area contributed by atoms with Crippen LogP contribution in [0.3, 0.4) is 0 Å². The highest BCUT2D eigenvalue weighted by Crippen LogP contribution is 2.17. The number of hydrogen-bond donors (Lipinski definition) is 3. The van der Waals surface area contributed by atoms with Crippen LogP contribution < -0.4 is 11.1 Å². The first-order chi connectivity index (χ1) is 7.84. The number of rotatable bonds is 4. The van der Waals surface area contributed by atoms with Crippen molar-refractivity contribution in [3.05, 3.63) is 28.8 Å². The summed E-state index contributed by atoms with van der Waals surface area (Å²) in [5.74, 6) is -0.249. The summed E-state index contributed by atoms with van der Waals surface area (Å²) in [7, 11) is 0. The predicted octanol–water partition coefficient (Wildman–Crippen LogP) is 1.67. The van der Waals surface area contributed by atoms with Crippen LogP contribution in [-0.4, -0.2) is 24.2 Å². The molecule has 17 heavy (non-hydrogen) atoms. The highest BCUT2D eigenvalue weighted by atomic mass is 35.5. The number of nitrogens with one attached hydrogen (secondary N) is 1. The normalized spacial score (nSPS) is 11.3. The summed E-state index contributed by atoms with van der Waals surface area (Å²) in [6.45, 7) is 4.11. The van der Waals surface area contributed by atoms with Crippen molar-refractivity contribution in [1.82, 2.24) is 5.32 Å². The molecule has 0 saturated carbocycles. The molecule has 0 unspecified atom stereocenters. The first-order valence-electron chi connectivity index (χ1n) is 5.29. The number of aliphatic hydroxyl groups excluding tert-OH is 1. The second-order valence-electron chi connectivity index (χ2n) is 4.78. The Morgan fingerprint density at radius 1 is 1.47 bits per heavy atom. The second kappa shape index (κ2) is 5.38. The van der Waals surface area contributed by atoms with Gasteiger partial charge in [0.25, 0.3) is 5.91 Å². The molecule has 0 heterocycles. The zero-order chi connectivity index (χ0) is 13.1. The Morgan fingerprint density at radius 3 is 2.65 bits per heavy atom. The van der Waals surface area contributed by atoms with Crippen LogP contribution in [0, 0.1) is 5.41 Å². The van der Waals surface area contributed by atoms with E-state index >= 15 is 0 Å². The maximum absolute atomic E-state index is 11.8. The Labute approximate surface area is 106 Å². The Morgan fingerprint density at radius 2 is 2.12 bits per heavy atom. The highest BCUT2D eigenvalue weighted by molar-refractivity contribution is 6.31. The van der Waals surface area contributed by atoms with E-state index in [4.69, 9.17) is 22.4 Å². The van der Waals surface area contributed by atoms with Gasteiger partial charge in [-0.2, -0.15) is 0 Å². The molecule has 0 aliphatic rings. The minimum Gasteiger partial charge on any atom is -0.399 e. The summed E-state index contributed by atoms with van der Waals surface area (Å²) in [4.78, 5) is 11.8. The van der Waals surface area contributed by atoms with Crippen LogP contribution >= 0.6 is 11.6 Å². The van der Waals surface area contributed by atoms with Crippen LogP contribution in [0.4, 0.5) is 5.69 Å². The van der Waals surface area contributed by atoms with E-state index in [2.05, 4.69) is 5.32 Å². The molecule has 0 radical (unpaired) electrons. The average Bonchev–Trinajstić information content (AvgIpc) is 2.24. The number of halogens is 1. The van der Waals surface area contributed by atoms with E-state index in [-0.39, 0.29) is 17.9 Å². The maximum Gasteiger partial charge on any atom is 0.251 e. The molecule has 0 atom stereocenters. The molecule has 0 fully saturated rings. The summed E-state index contributed by atoms with van der Waals surface area (Å²) < 4.78 is 0. The van der Waals surface area contributed by atoms with E-state index in [0.717, 1.165) is 0 Å². The van der Waals surface area contributed by atoms with Crippen LogP contribution in [0.2, 0.25) is 5.02 Å². The van der Waals surface area contributed by atoms with E-state index < -0.39 is 0 Å². The molecule has 94 valence electrons. The van der Waals surface area contributed by atoms with E-state index in [0.29, 0.717) is 22.8 Å². The van der Waals surface area contributed by atoms with Crippen molar-refractivity contribution in [1.29, 1.82) is 0 Å². The lowest BCUT2D eigenvalue weighted by Crippen LogP contribution is -2.36. The third kappa shape index (κ3) is 4.24. The van der Waals surface area contributed by atoms with E-state index in [1.165, 1.54) is 0 Å². The van der Waals surface area contributed by atoms with Crippen molar-refractivity contribution in [3.8, 4) is 0 Å². The molecule has 0 saturated heterocycles. The fourth-order valence-electron chi connectivity index (χ4n) is 1.22. The molecule has 0 bridgehead atoms. The van der Waals surface area contributed by atoms with Gasteiger partial charge in [0.05, 0.1) is 0 Å². The van der Waals surface area contributed by atoms with E-state index in [1.807, 2.05) is 13.8 Å². The lowest BCUT2D eigenvalue weighted by Gasteiger charge is -2.21. The van der Waals surface area contributed by atoms with Crippen molar-refractivity contribution >= 4 is 23.2 Å². The SMILES string of the molecule is CC(C)(CO)CNC(=O)c1cc(N)cc(Cl)c1. The first kappa shape index (κ1) is 13.8. The third-order valence-corrected chi connectivity index (χ3v) is 2.56. The minimum absolute atomic E-state index is 0.00493. The molecule has 0 aliphatic heterocycles. The van der Waals surface area contributed by atoms with Gasteiger partial charge in [0.15, 0.2) is 0 Å². The van der Waals surface area contributed by atoms with Gasteiger partial charge in [-0.3, -0.25) is 4.79 Å². The van der Waals surface area contributed by atoms with Crippen molar-refractivity contribution < 1.29 is 9.90 Å². The van der Waals surface area contributed by atoms with E-state index in [9.17, 15) is 4.79 Å². The fraction of sp³-hybridized carbons (Fsp3) is 0.417. The number of carbonyl (C=O) groups excluding carboxylic acids is 1. The largest absolute Gasteiger partial charge is 0.399 e. The lowest BCUT2D eigenvalue weighted by molar-refractivity contribution is 0.0911. The Balaban J connectivity index is 2.70. The van der Waals surface area contributed by atoms with Crippen LogP contribution in [0.1, 0.15) is 24.2 Å². The summed E-state index contributed by atoms with van der Waals surface area (Å²) in [6, 6.07) is 4.70. The number of amides is 1. The number of anilines is 1. The molecular formula is C12H17ClN2O2. The van der Waals surface area contributed by atoms with Gasteiger partial charge in [0, 0.05) is 34.8 Å². The number of nitrogens with two attached hydrogens (primary N) is 1. The van der Waals surface area contributed by atoms with Crippen LogP contribution in [0.5, 0.6) is 0 Å². The molecule has 1 aromatic carbocycles. The van der Waals surface area contributed by atoms with Crippen LogP contribution in [-0.2, 0) is 0 Å². The quantitative estimate of drug-likeness (QED) is 0.718. The second-order valence-corrected chi connectivity index (χ2v) is 5.21.